The zero-order valence-electron chi connectivity index (χ0n) is 7.25. The number of aromatic amines is 1. The highest BCUT2D eigenvalue weighted by Gasteiger charge is 2.28. The van der Waals surface area contributed by atoms with Gasteiger partial charge in [-0.25, -0.2) is 4.98 Å². The first-order chi connectivity index (χ1) is 6.96. The molecule has 0 aliphatic rings. The summed E-state index contributed by atoms with van der Waals surface area (Å²) in [7, 11) is 0. The van der Waals surface area contributed by atoms with E-state index in [4.69, 9.17) is 0 Å². The third-order valence-electron chi connectivity index (χ3n) is 1.70. The second-order valence-corrected chi connectivity index (χ2v) is 2.91. The second-order valence-electron chi connectivity index (χ2n) is 2.91. The summed E-state index contributed by atoms with van der Waals surface area (Å²) in [6.07, 6.45) is -2.17. The van der Waals surface area contributed by atoms with Crippen molar-refractivity contribution in [1.29, 1.82) is 0 Å². The van der Waals surface area contributed by atoms with Crippen molar-refractivity contribution in [2.24, 2.45) is 0 Å². The Morgan fingerprint density at radius 1 is 1.47 bits per heavy atom. The number of nitrogens with zero attached hydrogens (tertiary/aromatic N) is 3. The Balaban J connectivity index is 2.48. The lowest BCUT2D eigenvalue weighted by molar-refractivity contribution is -0.142. The highest BCUT2D eigenvalue weighted by atomic mass is 19.4. The van der Waals surface area contributed by atoms with Crippen molar-refractivity contribution < 1.29 is 13.2 Å². The van der Waals surface area contributed by atoms with Crippen LogP contribution in [0.25, 0.3) is 11.0 Å². The van der Waals surface area contributed by atoms with E-state index in [1.54, 1.807) is 0 Å². The van der Waals surface area contributed by atoms with E-state index in [0.29, 0.717) is 4.68 Å². The van der Waals surface area contributed by atoms with Crippen molar-refractivity contribution in [1.82, 2.24) is 19.7 Å². The predicted octanol–water partition coefficient (Wildman–Crippen LogP) is 0.682. The van der Waals surface area contributed by atoms with E-state index in [1.165, 1.54) is 0 Å². The fourth-order valence-corrected chi connectivity index (χ4v) is 1.16. The van der Waals surface area contributed by atoms with Crippen molar-refractivity contribution in [2.75, 3.05) is 0 Å². The molecule has 0 amide bonds. The van der Waals surface area contributed by atoms with Gasteiger partial charge in [0.05, 0.1) is 12.5 Å². The molecule has 0 aliphatic heterocycles. The zero-order valence-corrected chi connectivity index (χ0v) is 7.25. The van der Waals surface area contributed by atoms with Crippen LogP contribution in [-0.2, 0) is 6.54 Å². The van der Waals surface area contributed by atoms with Gasteiger partial charge in [-0.2, -0.15) is 18.3 Å². The van der Waals surface area contributed by atoms with E-state index in [-0.39, 0.29) is 11.0 Å². The van der Waals surface area contributed by atoms with E-state index in [0.717, 1.165) is 12.5 Å². The fraction of sp³-hybridized carbons (Fsp3) is 0.286. The number of rotatable bonds is 1. The summed E-state index contributed by atoms with van der Waals surface area (Å²) in [5.74, 6) is 0. The van der Waals surface area contributed by atoms with E-state index >= 15 is 0 Å². The molecule has 0 saturated heterocycles. The highest BCUT2D eigenvalue weighted by Crippen LogP contribution is 2.17. The van der Waals surface area contributed by atoms with E-state index < -0.39 is 18.3 Å². The Hall–Kier alpha value is -1.86. The zero-order chi connectivity index (χ0) is 11.1. The smallest absolute Gasteiger partial charge is 0.311 e. The van der Waals surface area contributed by atoms with E-state index in [1.807, 2.05) is 0 Å². The molecule has 80 valence electrons. The van der Waals surface area contributed by atoms with Gasteiger partial charge in [0.25, 0.3) is 5.56 Å². The molecule has 0 spiro atoms. The van der Waals surface area contributed by atoms with Crippen LogP contribution in [0.4, 0.5) is 13.2 Å². The minimum Gasteiger partial charge on any atom is -0.311 e. The summed E-state index contributed by atoms with van der Waals surface area (Å²) >= 11 is 0. The topological polar surface area (TPSA) is 63.6 Å². The average Bonchev–Trinajstić information content (AvgIpc) is 2.45. The molecule has 15 heavy (non-hydrogen) atoms. The lowest BCUT2D eigenvalue weighted by Gasteiger charge is -2.04. The first-order valence-electron chi connectivity index (χ1n) is 3.93. The normalized spacial score (nSPS) is 12.2. The molecule has 0 atom stereocenters. The molecule has 8 heteroatoms. The summed E-state index contributed by atoms with van der Waals surface area (Å²) in [6, 6.07) is 0. The van der Waals surface area contributed by atoms with Crippen LogP contribution < -0.4 is 5.56 Å². The van der Waals surface area contributed by atoms with Gasteiger partial charge in [-0.1, -0.05) is 0 Å². The molecule has 1 N–H and O–H groups in total. The molecule has 0 aromatic carbocycles. The molecular weight excluding hydrogens is 213 g/mol. The molecule has 5 nitrogen and oxygen atoms in total. The van der Waals surface area contributed by atoms with Crippen LogP contribution in [0.5, 0.6) is 0 Å². The van der Waals surface area contributed by atoms with Crippen molar-refractivity contribution in [3.05, 3.63) is 22.9 Å². The average molecular weight is 218 g/mol. The summed E-state index contributed by atoms with van der Waals surface area (Å²) in [6.45, 7) is -1.23. The number of alkyl halides is 3. The number of halogens is 3. The van der Waals surface area contributed by atoms with Crippen molar-refractivity contribution in [2.45, 2.75) is 12.7 Å². The third kappa shape index (κ3) is 1.97. The summed E-state index contributed by atoms with van der Waals surface area (Å²) in [5.41, 5.74) is -0.509. The molecule has 2 heterocycles. The minimum atomic E-state index is -4.37. The summed E-state index contributed by atoms with van der Waals surface area (Å²) < 4.78 is 36.7. The predicted molar refractivity (Wildman–Crippen MR) is 44.2 cm³/mol. The largest absolute Gasteiger partial charge is 0.408 e. The maximum atomic E-state index is 12.0. The Morgan fingerprint density at radius 2 is 2.20 bits per heavy atom. The second kappa shape index (κ2) is 3.07. The molecule has 2 rings (SSSR count). The van der Waals surface area contributed by atoms with Crippen LogP contribution in [0.3, 0.4) is 0 Å². The molecule has 2 aromatic heterocycles. The Morgan fingerprint density at radius 3 is 2.80 bits per heavy atom. The van der Waals surface area contributed by atoms with Gasteiger partial charge in [0.2, 0.25) is 0 Å². The van der Waals surface area contributed by atoms with Crippen LogP contribution >= 0.6 is 0 Å². The number of fused-ring (bicyclic) bond motifs is 1. The lowest BCUT2D eigenvalue weighted by atomic mass is 10.5. The summed E-state index contributed by atoms with van der Waals surface area (Å²) in [4.78, 5) is 17.0. The van der Waals surface area contributed by atoms with Crippen molar-refractivity contribution in [3.63, 3.8) is 0 Å². The fourth-order valence-electron chi connectivity index (χ4n) is 1.16. The van der Waals surface area contributed by atoms with Crippen LogP contribution in [0.15, 0.2) is 17.3 Å². The number of hydrogen-bond donors (Lipinski definition) is 1. The van der Waals surface area contributed by atoms with Crippen molar-refractivity contribution in [3.8, 4) is 0 Å². The first kappa shape index (κ1) is 9.69. The third-order valence-corrected chi connectivity index (χ3v) is 1.70. The number of aromatic nitrogens is 4. The van der Waals surface area contributed by atoms with Gasteiger partial charge in [0.1, 0.15) is 12.1 Å². The lowest BCUT2D eigenvalue weighted by Crippen LogP contribution is -2.18. The number of nitrogens with one attached hydrogen (secondary N) is 1. The van der Waals surface area contributed by atoms with E-state index in [2.05, 4.69) is 15.1 Å². The number of H-pyrrole nitrogens is 1. The van der Waals surface area contributed by atoms with Gasteiger partial charge in [-0.15, -0.1) is 0 Å². The molecule has 2 aromatic rings. The van der Waals surface area contributed by atoms with Crippen LogP contribution in [0, 0.1) is 0 Å². The monoisotopic (exact) mass is 218 g/mol. The maximum Gasteiger partial charge on any atom is 0.408 e. The van der Waals surface area contributed by atoms with Gasteiger partial charge in [-0.3, -0.25) is 9.48 Å². The Kier molecular flexibility index (Phi) is 1.98. The molecule has 0 fully saturated rings. The molecule has 0 radical (unpaired) electrons. The Bertz CT molecular complexity index is 541. The van der Waals surface area contributed by atoms with Gasteiger partial charge < -0.3 is 4.98 Å². The maximum absolute atomic E-state index is 12.0. The van der Waals surface area contributed by atoms with Crippen LogP contribution in [0.2, 0.25) is 0 Å². The quantitative estimate of drug-likeness (QED) is 0.765. The molecular formula is C7H5F3N4O. The Labute approximate surface area is 80.5 Å². The SMILES string of the molecule is O=c1[nH]cnc2cn(CC(F)(F)F)nc12. The first-order valence-corrected chi connectivity index (χ1v) is 3.93. The molecule has 0 unspecified atom stereocenters. The molecule has 0 saturated carbocycles. The molecule has 0 bridgehead atoms. The van der Waals surface area contributed by atoms with Gasteiger partial charge in [-0.05, 0) is 0 Å². The highest BCUT2D eigenvalue weighted by molar-refractivity contribution is 5.71. The summed E-state index contributed by atoms with van der Waals surface area (Å²) in [5, 5.41) is 3.49. The van der Waals surface area contributed by atoms with Crippen LogP contribution in [0.1, 0.15) is 0 Å². The minimum absolute atomic E-state index is 0.0956. The molecule has 0 aliphatic carbocycles. The van der Waals surface area contributed by atoms with Gasteiger partial charge >= 0.3 is 6.18 Å². The van der Waals surface area contributed by atoms with Gasteiger partial charge in [0.15, 0.2) is 5.52 Å². The van der Waals surface area contributed by atoms with E-state index in [9.17, 15) is 18.0 Å². The van der Waals surface area contributed by atoms with Crippen LogP contribution in [-0.4, -0.2) is 25.9 Å². The van der Waals surface area contributed by atoms with Crippen molar-refractivity contribution >= 4 is 11.0 Å². The van der Waals surface area contributed by atoms with Gasteiger partial charge in [0, 0.05) is 0 Å². The standard InChI is InChI=1S/C7H5F3N4O/c8-7(9,10)2-14-1-4-5(13-14)6(15)12-3-11-4/h1,3H,2H2,(H,11,12,15). The number of hydrogen-bond acceptors (Lipinski definition) is 3.